The lowest BCUT2D eigenvalue weighted by molar-refractivity contribution is -0.121. The predicted octanol–water partition coefficient (Wildman–Crippen LogP) is 4.95. The number of rotatable bonds is 7. The van der Waals surface area contributed by atoms with Gasteiger partial charge in [-0.2, -0.15) is 0 Å². The summed E-state index contributed by atoms with van der Waals surface area (Å²) in [5.41, 5.74) is 7.83. The molecule has 0 fully saturated rings. The minimum Gasteiger partial charge on any atom is -0.482 e. The second-order valence-electron chi connectivity index (χ2n) is 6.75. The summed E-state index contributed by atoms with van der Waals surface area (Å²) in [6, 6.07) is 14.5. The number of benzene rings is 2. The summed E-state index contributed by atoms with van der Waals surface area (Å²) >= 11 is 18.5. The Bertz CT molecular complexity index is 1170. The average molecular weight is 508 g/mol. The van der Waals surface area contributed by atoms with Gasteiger partial charge in [0, 0.05) is 16.3 Å². The smallest absolute Gasteiger partial charge is 0.264 e. The lowest BCUT2D eigenvalue weighted by Crippen LogP contribution is -2.37. The quantitative estimate of drug-likeness (QED) is 0.393. The topological polar surface area (TPSA) is 93.4 Å². The lowest BCUT2D eigenvalue weighted by Gasteiger charge is -2.11. The molecule has 0 radical (unpaired) electrons. The van der Waals surface area contributed by atoms with Crippen LogP contribution in [0.1, 0.15) is 26.4 Å². The van der Waals surface area contributed by atoms with E-state index in [0.29, 0.717) is 27.8 Å². The standard InChI is InChI=1S/C22H19Cl2N3O3S2/c1-12-17(9-13-5-3-2-4-6-13)32-21(19(12)20(25)29)27-22(31)26-18(28)11-30-16-8-7-14(23)10-15(16)24/h2-8,10H,9,11H2,1H3,(H2,25,29)(H2,26,27,28,31). The number of halogens is 2. The molecule has 0 saturated carbocycles. The van der Waals surface area contributed by atoms with Crippen molar-refractivity contribution < 1.29 is 14.3 Å². The zero-order valence-corrected chi connectivity index (χ0v) is 20.1. The Labute approximate surface area is 204 Å². The summed E-state index contributed by atoms with van der Waals surface area (Å²) in [7, 11) is 0. The number of nitrogens with two attached hydrogens (primary N) is 1. The third-order valence-corrected chi connectivity index (χ3v) is 6.37. The highest BCUT2D eigenvalue weighted by atomic mass is 35.5. The number of carbonyl (C=O) groups excluding carboxylic acids is 2. The monoisotopic (exact) mass is 507 g/mol. The van der Waals surface area contributed by atoms with E-state index in [0.717, 1.165) is 16.0 Å². The minimum absolute atomic E-state index is 0.0239. The number of thiophene rings is 1. The molecule has 0 unspecified atom stereocenters. The van der Waals surface area contributed by atoms with Crippen LogP contribution in [-0.2, 0) is 11.2 Å². The Morgan fingerprint density at radius 3 is 2.53 bits per heavy atom. The summed E-state index contributed by atoms with van der Waals surface area (Å²) in [6.07, 6.45) is 0.647. The van der Waals surface area contributed by atoms with Gasteiger partial charge in [-0.3, -0.25) is 14.9 Å². The van der Waals surface area contributed by atoms with E-state index >= 15 is 0 Å². The Kier molecular flexibility index (Phi) is 8.09. The van der Waals surface area contributed by atoms with Crippen LogP contribution in [0, 0.1) is 6.92 Å². The molecule has 2 aromatic carbocycles. The SMILES string of the molecule is Cc1c(Cc2ccccc2)sc(NC(=S)NC(=O)COc2ccc(Cl)cc2Cl)c1C(N)=O. The van der Waals surface area contributed by atoms with E-state index in [2.05, 4.69) is 10.6 Å². The van der Waals surface area contributed by atoms with E-state index in [1.807, 2.05) is 37.3 Å². The first kappa shape index (κ1) is 24.0. The number of carbonyl (C=O) groups is 2. The van der Waals surface area contributed by atoms with Crippen molar-refractivity contribution in [1.82, 2.24) is 5.32 Å². The molecule has 4 N–H and O–H groups in total. The van der Waals surface area contributed by atoms with Crippen LogP contribution >= 0.6 is 46.8 Å². The van der Waals surface area contributed by atoms with Gasteiger partial charge in [0.25, 0.3) is 11.8 Å². The molecule has 0 spiro atoms. The Hall–Kier alpha value is -2.65. The van der Waals surface area contributed by atoms with Crippen molar-refractivity contribution >= 4 is 68.7 Å². The number of hydrogen-bond acceptors (Lipinski definition) is 5. The zero-order valence-electron chi connectivity index (χ0n) is 16.9. The summed E-state index contributed by atoms with van der Waals surface area (Å²) in [6.45, 7) is 1.53. The van der Waals surface area contributed by atoms with Crippen LogP contribution in [0.2, 0.25) is 10.0 Å². The molecule has 0 bridgehead atoms. The number of ether oxygens (including phenoxy) is 1. The summed E-state index contributed by atoms with van der Waals surface area (Å²) in [5, 5.41) is 6.67. The van der Waals surface area contributed by atoms with E-state index in [4.69, 9.17) is 45.9 Å². The maximum absolute atomic E-state index is 12.2. The molecule has 0 aliphatic rings. The van der Waals surface area contributed by atoms with E-state index in [9.17, 15) is 9.59 Å². The van der Waals surface area contributed by atoms with Crippen molar-refractivity contribution in [3.63, 3.8) is 0 Å². The van der Waals surface area contributed by atoms with Crippen LogP contribution in [0.15, 0.2) is 48.5 Å². The molecule has 32 heavy (non-hydrogen) atoms. The molecule has 166 valence electrons. The molecule has 0 aliphatic carbocycles. The van der Waals surface area contributed by atoms with E-state index in [1.54, 1.807) is 12.1 Å². The van der Waals surface area contributed by atoms with Gasteiger partial charge in [-0.15, -0.1) is 11.3 Å². The molecule has 1 aromatic heterocycles. The van der Waals surface area contributed by atoms with Crippen molar-refractivity contribution in [2.45, 2.75) is 13.3 Å². The molecule has 2 amide bonds. The summed E-state index contributed by atoms with van der Waals surface area (Å²) in [5.74, 6) is -0.747. The normalized spacial score (nSPS) is 10.5. The zero-order chi connectivity index (χ0) is 23.3. The first-order chi connectivity index (χ1) is 15.2. The summed E-state index contributed by atoms with van der Waals surface area (Å²) < 4.78 is 5.39. The molecule has 3 aromatic rings. The van der Waals surface area contributed by atoms with Gasteiger partial charge in [-0.1, -0.05) is 53.5 Å². The van der Waals surface area contributed by atoms with Gasteiger partial charge in [0.15, 0.2) is 11.7 Å². The largest absolute Gasteiger partial charge is 0.482 e. The third-order valence-electron chi connectivity index (χ3n) is 4.43. The molecule has 3 rings (SSSR count). The fourth-order valence-electron chi connectivity index (χ4n) is 2.93. The Morgan fingerprint density at radius 1 is 1.16 bits per heavy atom. The van der Waals surface area contributed by atoms with Gasteiger partial charge < -0.3 is 15.8 Å². The highest BCUT2D eigenvalue weighted by Crippen LogP contribution is 2.34. The predicted molar refractivity (Wildman–Crippen MR) is 133 cm³/mol. The minimum atomic E-state index is -0.574. The van der Waals surface area contributed by atoms with Crippen molar-refractivity contribution in [1.29, 1.82) is 0 Å². The van der Waals surface area contributed by atoms with Crippen LogP contribution in [0.25, 0.3) is 0 Å². The molecule has 0 atom stereocenters. The van der Waals surface area contributed by atoms with Crippen molar-refractivity contribution in [2.24, 2.45) is 5.73 Å². The molecule has 10 heteroatoms. The van der Waals surface area contributed by atoms with Gasteiger partial charge in [-0.05, 0) is 48.5 Å². The second-order valence-corrected chi connectivity index (χ2v) is 9.10. The molecule has 0 aliphatic heterocycles. The fraction of sp³-hybridized carbons (Fsp3) is 0.136. The number of nitrogens with one attached hydrogen (secondary N) is 2. The van der Waals surface area contributed by atoms with Crippen LogP contribution < -0.4 is 21.1 Å². The Morgan fingerprint density at radius 2 is 1.88 bits per heavy atom. The van der Waals surface area contributed by atoms with Crippen molar-refractivity contribution in [3.05, 3.63) is 80.1 Å². The highest BCUT2D eigenvalue weighted by molar-refractivity contribution is 7.80. The molecular formula is C22H19Cl2N3O3S2. The van der Waals surface area contributed by atoms with Crippen LogP contribution in [-0.4, -0.2) is 23.5 Å². The van der Waals surface area contributed by atoms with Crippen LogP contribution in [0.5, 0.6) is 5.75 Å². The van der Waals surface area contributed by atoms with Gasteiger partial charge in [-0.25, -0.2) is 0 Å². The second kappa shape index (κ2) is 10.8. The van der Waals surface area contributed by atoms with E-state index in [-0.39, 0.29) is 16.7 Å². The maximum atomic E-state index is 12.2. The first-order valence-corrected chi connectivity index (χ1v) is 11.4. The van der Waals surface area contributed by atoms with Gasteiger partial charge in [0.05, 0.1) is 10.6 Å². The number of hydrogen-bond donors (Lipinski definition) is 3. The average Bonchev–Trinajstić information content (AvgIpc) is 3.02. The van der Waals surface area contributed by atoms with E-state index in [1.165, 1.54) is 17.4 Å². The fourth-order valence-corrected chi connectivity index (χ4v) is 4.92. The first-order valence-electron chi connectivity index (χ1n) is 9.39. The summed E-state index contributed by atoms with van der Waals surface area (Å²) in [4.78, 5) is 25.2. The highest BCUT2D eigenvalue weighted by Gasteiger charge is 2.20. The van der Waals surface area contributed by atoms with Crippen molar-refractivity contribution in [3.8, 4) is 5.75 Å². The van der Waals surface area contributed by atoms with Crippen LogP contribution in [0.3, 0.4) is 0 Å². The molecular weight excluding hydrogens is 489 g/mol. The van der Waals surface area contributed by atoms with Gasteiger partial charge >= 0.3 is 0 Å². The lowest BCUT2D eigenvalue weighted by atomic mass is 10.1. The van der Waals surface area contributed by atoms with Crippen molar-refractivity contribution in [2.75, 3.05) is 11.9 Å². The Balaban J connectivity index is 1.65. The van der Waals surface area contributed by atoms with Crippen LogP contribution in [0.4, 0.5) is 5.00 Å². The molecule has 0 saturated heterocycles. The number of amides is 2. The number of anilines is 1. The van der Waals surface area contributed by atoms with Gasteiger partial charge in [0.2, 0.25) is 0 Å². The number of thiocarbonyl (C=S) groups is 1. The third kappa shape index (κ3) is 6.20. The van der Waals surface area contributed by atoms with Gasteiger partial charge in [0.1, 0.15) is 10.8 Å². The number of primary amides is 1. The molecule has 6 nitrogen and oxygen atoms in total. The van der Waals surface area contributed by atoms with E-state index < -0.39 is 11.8 Å². The maximum Gasteiger partial charge on any atom is 0.264 e. The molecule has 1 heterocycles.